The molecule has 0 saturated carbocycles. The van der Waals surface area contributed by atoms with Crippen molar-refractivity contribution in [1.29, 1.82) is 0 Å². The van der Waals surface area contributed by atoms with Gasteiger partial charge in [-0.15, -0.1) is 0 Å². The molecule has 6 heteroatoms. The first-order valence-electron chi connectivity index (χ1n) is 8.02. The molecule has 0 spiro atoms. The number of carbonyl (C=O) groups is 2. The second-order valence-corrected chi connectivity index (χ2v) is 6.21. The molecule has 0 aliphatic carbocycles. The van der Waals surface area contributed by atoms with Crippen LogP contribution in [0.5, 0.6) is 0 Å². The predicted octanol–water partition coefficient (Wildman–Crippen LogP) is 1.14. The summed E-state index contributed by atoms with van der Waals surface area (Å²) < 4.78 is 4.88. The zero-order chi connectivity index (χ0) is 15.5. The molecular weight excluding hydrogens is 282 g/mol. The molecule has 2 aliphatic heterocycles. The van der Waals surface area contributed by atoms with Gasteiger partial charge < -0.3 is 15.1 Å². The van der Waals surface area contributed by atoms with Crippen molar-refractivity contribution in [3.63, 3.8) is 0 Å². The summed E-state index contributed by atoms with van der Waals surface area (Å²) in [6.45, 7) is 3.91. The Morgan fingerprint density at radius 3 is 2.95 bits per heavy atom. The van der Waals surface area contributed by atoms with Crippen LogP contribution < -0.4 is 10.6 Å². The van der Waals surface area contributed by atoms with Crippen molar-refractivity contribution >= 4 is 11.8 Å². The Kier molecular flexibility index (Phi) is 4.47. The van der Waals surface area contributed by atoms with Gasteiger partial charge in [-0.05, 0) is 38.8 Å². The summed E-state index contributed by atoms with van der Waals surface area (Å²) in [5, 5.41) is 5.81. The van der Waals surface area contributed by atoms with Crippen molar-refractivity contribution in [3.05, 3.63) is 24.2 Å². The number of hydrogen-bond acceptors (Lipinski definition) is 4. The third kappa shape index (κ3) is 3.16. The smallest absolute Gasteiger partial charge is 0.255 e. The Labute approximate surface area is 130 Å². The minimum atomic E-state index is -0.556. The van der Waals surface area contributed by atoms with E-state index in [9.17, 15) is 9.59 Å². The van der Waals surface area contributed by atoms with E-state index in [1.807, 2.05) is 0 Å². The van der Waals surface area contributed by atoms with Gasteiger partial charge in [-0.1, -0.05) is 6.42 Å². The molecule has 3 rings (SSSR count). The number of carbonyl (C=O) groups excluding carboxylic acids is 2. The molecule has 0 radical (unpaired) electrons. The lowest BCUT2D eigenvalue weighted by Gasteiger charge is -2.33. The van der Waals surface area contributed by atoms with Crippen molar-refractivity contribution in [2.75, 3.05) is 13.1 Å². The van der Waals surface area contributed by atoms with E-state index >= 15 is 0 Å². The summed E-state index contributed by atoms with van der Waals surface area (Å²) in [7, 11) is 0. The van der Waals surface area contributed by atoms with Crippen molar-refractivity contribution in [3.8, 4) is 0 Å². The van der Waals surface area contributed by atoms with Crippen LogP contribution in [0.4, 0.5) is 0 Å². The minimum absolute atomic E-state index is 0.116. The molecule has 6 nitrogen and oxygen atoms in total. The standard InChI is InChI=1S/C16H23N3O3/c1-11(17-16(21)12-6-9-22-10-12)15(20)18-13-5-8-19-7-3-2-4-14(13)19/h6,9-11,13-14H,2-5,7-8H2,1H3,(H,17,21)(H,18,20)/t11-,13+,14+/m0/s1. The number of amides is 2. The molecule has 22 heavy (non-hydrogen) atoms. The van der Waals surface area contributed by atoms with Gasteiger partial charge in [0.25, 0.3) is 5.91 Å². The lowest BCUT2D eigenvalue weighted by molar-refractivity contribution is -0.123. The first-order chi connectivity index (χ1) is 10.6. The van der Waals surface area contributed by atoms with Crippen LogP contribution in [0.3, 0.4) is 0 Å². The Morgan fingerprint density at radius 2 is 2.18 bits per heavy atom. The predicted molar refractivity (Wildman–Crippen MR) is 81.4 cm³/mol. The molecule has 2 fully saturated rings. The van der Waals surface area contributed by atoms with Crippen LogP contribution in [0.1, 0.15) is 43.0 Å². The fraction of sp³-hybridized carbons (Fsp3) is 0.625. The van der Waals surface area contributed by atoms with Gasteiger partial charge in [0.15, 0.2) is 0 Å². The molecule has 0 unspecified atom stereocenters. The van der Waals surface area contributed by atoms with E-state index in [0.717, 1.165) is 25.9 Å². The normalized spacial score (nSPS) is 26.2. The van der Waals surface area contributed by atoms with Crippen LogP contribution in [0.25, 0.3) is 0 Å². The zero-order valence-electron chi connectivity index (χ0n) is 12.9. The molecule has 3 heterocycles. The van der Waals surface area contributed by atoms with Gasteiger partial charge in [-0.25, -0.2) is 0 Å². The molecule has 2 N–H and O–H groups in total. The Hall–Kier alpha value is -1.82. The third-order valence-corrected chi connectivity index (χ3v) is 4.71. The van der Waals surface area contributed by atoms with Gasteiger partial charge in [-0.3, -0.25) is 14.5 Å². The highest BCUT2D eigenvalue weighted by Crippen LogP contribution is 2.27. The molecule has 2 aliphatic rings. The number of fused-ring (bicyclic) bond motifs is 1. The molecule has 1 aromatic heterocycles. The molecule has 0 aromatic carbocycles. The van der Waals surface area contributed by atoms with Crippen LogP contribution in [0.15, 0.2) is 23.0 Å². The second kappa shape index (κ2) is 6.52. The molecule has 0 bridgehead atoms. The van der Waals surface area contributed by atoms with Crippen molar-refractivity contribution in [1.82, 2.24) is 15.5 Å². The average molecular weight is 305 g/mol. The molecule has 1 aromatic rings. The van der Waals surface area contributed by atoms with E-state index < -0.39 is 6.04 Å². The highest BCUT2D eigenvalue weighted by molar-refractivity contribution is 5.97. The summed E-state index contributed by atoms with van der Waals surface area (Å²) in [6, 6.07) is 1.70. The quantitative estimate of drug-likeness (QED) is 0.875. The maximum absolute atomic E-state index is 12.3. The van der Waals surface area contributed by atoms with E-state index in [0.29, 0.717) is 11.6 Å². The van der Waals surface area contributed by atoms with Gasteiger partial charge in [0.05, 0.1) is 11.8 Å². The van der Waals surface area contributed by atoms with E-state index in [1.165, 1.54) is 25.4 Å². The molecule has 3 atom stereocenters. The summed E-state index contributed by atoms with van der Waals surface area (Å²) in [4.78, 5) is 26.7. The first kappa shape index (κ1) is 15.1. The van der Waals surface area contributed by atoms with Gasteiger partial charge in [0.2, 0.25) is 5.91 Å². The van der Waals surface area contributed by atoms with E-state index in [1.54, 1.807) is 13.0 Å². The van der Waals surface area contributed by atoms with Gasteiger partial charge in [0, 0.05) is 18.6 Å². The van der Waals surface area contributed by atoms with E-state index in [2.05, 4.69) is 15.5 Å². The van der Waals surface area contributed by atoms with Gasteiger partial charge in [-0.2, -0.15) is 0 Å². The molecular formula is C16H23N3O3. The highest BCUT2D eigenvalue weighted by Gasteiger charge is 2.36. The maximum atomic E-state index is 12.3. The highest BCUT2D eigenvalue weighted by atomic mass is 16.3. The monoisotopic (exact) mass is 305 g/mol. The summed E-state index contributed by atoms with van der Waals surface area (Å²) >= 11 is 0. The number of piperidine rings is 1. The van der Waals surface area contributed by atoms with Crippen LogP contribution in [-0.2, 0) is 4.79 Å². The fourth-order valence-electron chi connectivity index (χ4n) is 3.46. The van der Waals surface area contributed by atoms with Gasteiger partial charge in [0.1, 0.15) is 12.3 Å². The summed E-state index contributed by atoms with van der Waals surface area (Å²) in [5.41, 5.74) is 0.430. The Morgan fingerprint density at radius 1 is 1.32 bits per heavy atom. The number of rotatable bonds is 4. The van der Waals surface area contributed by atoms with E-state index in [-0.39, 0.29) is 17.9 Å². The number of nitrogens with zero attached hydrogens (tertiary/aromatic N) is 1. The molecule has 2 amide bonds. The van der Waals surface area contributed by atoms with Gasteiger partial charge >= 0.3 is 0 Å². The largest absolute Gasteiger partial charge is 0.472 e. The summed E-state index contributed by atoms with van der Waals surface area (Å²) in [6.07, 6.45) is 7.46. The minimum Gasteiger partial charge on any atom is -0.472 e. The Bertz CT molecular complexity index is 529. The third-order valence-electron chi connectivity index (χ3n) is 4.71. The zero-order valence-corrected chi connectivity index (χ0v) is 12.9. The number of furan rings is 1. The number of hydrogen-bond donors (Lipinski definition) is 2. The topological polar surface area (TPSA) is 74.6 Å². The summed E-state index contributed by atoms with van der Waals surface area (Å²) in [5.74, 6) is -0.406. The van der Waals surface area contributed by atoms with Crippen LogP contribution in [0.2, 0.25) is 0 Å². The van der Waals surface area contributed by atoms with E-state index in [4.69, 9.17) is 4.42 Å². The fourth-order valence-corrected chi connectivity index (χ4v) is 3.46. The second-order valence-electron chi connectivity index (χ2n) is 6.21. The van der Waals surface area contributed by atoms with Crippen LogP contribution in [-0.4, -0.2) is 47.9 Å². The van der Waals surface area contributed by atoms with Crippen molar-refractivity contribution < 1.29 is 14.0 Å². The van der Waals surface area contributed by atoms with Crippen LogP contribution >= 0.6 is 0 Å². The lowest BCUT2D eigenvalue weighted by atomic mass is 9.99. The maximum Gasteiger partial charge on any atom is 0.255 e. The van der Waals surface area contributed by atoms with Crippen molar-refractivity contribution in [2.24, 2.45) is 0 Å². The molecule has 120 valence electrons. The van der Waals surface area contributed by atoms with Crippen LogP contribution in [0, 0.1) is 0 Å². The number of nitrogens with one attached hydrogen (secondary N) is 2. The van der Waals surface area contributed by atoms with Crippen molar-refractivity contribution in [2.45, 2.75) is 50.7 Å². The Balaban J connectivity index is 1.52. The average Bonchev–Trinajstić information content (AvgIpc) is 3.17. The molecule has 2 saturated heterocycles. The SMILES string of the molecule is C[C@H](NC(=O)c1ccoc1)C(=O)N[C@@H]1CCN2CCCC[C@H]12. The first-order valence-corrected chi connectivity index (χ1v) is 8.02. The lowest BCUT2D eigenvalue weighted by Crippen LogP contribution is -2.52.